The maximum Gasteiger partial charge on any atom is 0.255 e. The number of hydrogen-bond donors (Lipinski definition) is 1. The molecule has 4 nitrogen and oxygen atoms in total. The molecule has 2 heterocycles. The van der Waals surface area contributed by atoms with Gasteiger partial charge in [-0.05, 0) is 45.4 Å². The molecule has 122 valence electrons. The van der Waals surface area contributed by atoms with Gasteiger partial charge in [-0.2, -0.15) is 0 Å². The predicted octanol–water partition coefficient (Wildman–Crippen LogP) is 2.45. The maximum absolute atomic E-state index is 12.9. The minimum atomic E-state index is 0.212. The molecule has 0 amide bonds. The fraction of sp³-hybridized carbons (Fsp3) is 0.722. The van der Waals surface area contributed by atoms with Crippen LogP contribution in [-0.2, 0) is 19.5 Å². The molecule has 1 N–H and O–H groups in total. The quantitative estimate of drug-likeness (QED) is 0.928. The molecular formula is C18H29N3O. The van der Waals surface area contributed by atoms with Gasteiger partial charge < -0.3 is 14.8 Å². The topological polar surface area (TPSA) is 37.3 Å². The highest BCUT2D eigenvalue weighted by atomic mass is 16.1. The lowest BCUT2D eigenvalue weighted by molar-refractivity contribution is 0.301. The lowest BCUT2D eigenvalue weighted by atomic mass is 10.0. The number of hydrogen-bond acceptors (Lipinski definition) is 3. The molecule has 22 heavy (non-hydrogen) atoms. The third-order valence-corrected chi connectivity index (χ3v) is 5.13. The van der Waals surface area contributed by atoms with Crippen LogP contribution in [0.4, 0.5) is 0 Å². The summed E-state index contributed by atoms with van der Waals surface area (Å²) in [4.78, 5) is 15.2. The van der Waals surface area contributed by atoms with Crippen molar-refractivity contribution in [2.24, 2.45) is 0 Å². The minimum Gasteiger partial charge on any atom is -0.310 e. The van der Waals surface area contributed by atoms with Crippen LogP contribution < -0.4 is 10.9 Å². The van der Waals surface area contributed by atoms with Crippen LogP contribution in [0.25, 0.3) is 0 Å². The van der Waals surface area contributed by atoms with Gasteiger partial charge >= 0.3 is 0 Å². The summed E-state index contributed by atoms with van der Waals surface area (Å²) in [6, 6.07) is 3.00. The van der Waals surface area contributed by atoms with Gasteiger partial charge in [0.1, 0.15) is 0 Å². The summed E-state index contributed by atoms with van der Waals surface area (Å²) in [5, 5.41) is 3.60. The van der Waals surface area contributed by atoms with Crippen LogP contribution in [0.3, 0.4) is 0 Å². The Labute approximate surface area is 133 Å². The average Bonchev–Trinajstić information content (AvgIpc) is 2.98. The third-order valence-electron chi connectivity index (χ3n) is 5.13. The summed E-state index contributed by atoms with van der Waals surface area (Å²) >= 11 is 0. The van der Waals surface area contributed by atoms with Gasteiger partial charge in [0, 0.05) is 49.4 Å². The first-order valence-electron chi connectivity index (χ1n) is 8.74. The minimum absolute atomic E-state index is 0.212. The highest BCUT2D eigenvalue weighted by molar-refractivity contribution is 5.29. The Balaban J connectivity index is 1.90. The molecule has 1 fully saturated rings. The van der Waals surface area contributed by atoms with E-state index in [1.807, 2.05) is 4.57 Å². The molecule has 2 aliphatic rings. The zero-order valence-corrected chi connectivity index (χ0v) is 14.2. The summed E-state index contributed by atoms with van der Waals surface area (Å²) in [5.41, 5.74) is 3.74. The third kappa shape index (κ3) is 3.13. The van der Waals surface area contributed by atoms with Crippen LogP contribution >= 0.6 is 0 Å². The van der Waals surface area contributed by atoms with E-state index in [0.29, 0.717) is 12.6 Å². The van der Waals surface area contributed by atoms with Gasteiger partial charge in [-0.25, -0.2) is 0 Å². The molecule has 0 bridgehead atoms. The van der Waals surface area contributed by atoms with Crippen LogP contribution in [0, 0.1) is 0 Å². The van der Waals surface area contributed by atoms with Crippen molar-refractivity contribution in [3.63, 3.8) is 0 Å². The molecule has 0 aromatic carbocycles. The zero-order chi connectivity index (χ0) is 15.7. The molecule has 0 spiro atoms. The van der Waals surface area contributed by atoms with E-state index in [1.165, 1.54) is 36.9 Å². The predicted molar refractivity (Wildman–Crippen MR) is 90.2 cm³/mol. The Morgan fingerprint density at radius 1 is 1.32 bits per heavy atom. The van der Waals surface area contributed by atoms with E-state index in [0.717, 1.165) is 25.1 Å². The van der Waals surface area contributed by atoms with Crippen LogP contribution in [0.2, 0.25) is 0 Å². The Morgan fingerprint density at radius 3 is 2.73 bits per heavy atom. The van der Waals surface area contributed by atoms with E-state index in [4.69, 9.17) is 0 Å². The molecule has 3 rings (SSSR count). The van der Waals surface area contributed by atoms with Crippen molar-refractivity contribution in [3.05, 3.63) is 33.2 Å². The molecule has 1 aliphatic heterocycles. The number of fused-ring (bicyclic) bond motifs is 1. The van der Waals surface area contributed by atoms with Crippen molar-refractivity contribution in [2.75, 3.05) is 13.6 Å². The smallest absolute Gasteiger partial charge is 0.255 e. The van der Waals surface area contributed by atoms with E-state index in [2.05, 4.69) is 37.2 Å². The second kappa shape index (κ2) is 6.55. The molecule has 4 heteroatoms. The molecular weight excluding hydrogens is 274 g/mol. The van der Waals surface area contributed by atoms with Crippen LogP contribution in [0.5, 0.6) is 0 Å². The summed E-state index contributed by atoms with van der Waals surface area (Å²) in [6.45, 7) is 6.95. The standard InChI is InChI=1S/C18H29N3O/c1-13(2)21-17-8-9-20(3)12-15(17)10-14(18(21)22)11-19-16-6-4-5-7-16/h10,13,16,19H,4-9,11-12H2,1-3H3. The summed E-state index contributed by atoms with van der Waals surface area (Å²) in [5.74, 6) is 0. The largest absolute Gasteiger partial charge is 0.310 e. The molecule has 0 saturated heterocycles. The Morgan fingerprint density at radius 2 is 2.05 bits per heavy atom. The number of likely N-dealkylation sites (N-methyl/N-ethyl adjacent to an activating group) is 1. The molecule has 1 saturated carbocycles. The van der Waals surface area contributed by atoms with Gasteiger partial charge in [0.15, 0.2) is 0 Å². The fourth-order valence-electron chi connectivity index (χ4n) is 3.93. The van der Waals surface area contributed by atoms with Gasteiger partial charge in [-0.1, -0.05) is 12.8 Å². The number of aromatic nitrogens is 1. The lowest BCUT2D eigenvalue weighted by Crippen LogP contribution is -2.38. The lowest BCUT2D eigenvalue weighted by Gasteiger charge is -2.29. The van der Waals surface area contributed by atoms with Crippen LogP contribution in [-0.4, -0.2) is 29.1 Å². The van der Waals surface area contributed by atoms with E-state index in [-0.39, 0.29) is 11.6 Å². The highest BCUT2D eigenvalue weighted by Gasteiger charge is 2.22. The first kappa shape index (κ1) is 15.8. The Hall–Kier alpha value is -1.13. The Kier molecular flexibility index (Phi) is 4.69. The van der Waals surface area contributed by atoms with Crippen molar-refractivity contribution in [2.45, 2.75) is 71.1 Å². The molecule has 1 aromatic rings. The van der Waals surface area contributed by atoms with Gasteiger partial charge in [0.25, 0.3) is 5.56 Å². The SMILES string of the molecule is CC(C)n1c2c(cc(CNC3CCCC3)c1=O)CN(C)CC2. The molecule has 1 aromatic heterocycles. The number of nitrogens with zero attached hydrogens (tertiary/aromatic N) is 2. The number of pyridine rings is 1. The van der Waals surface area contributed by atoms with Crippen molar-refractivity contribution < 1.29 is 0 Å². The summed E-state index contributed by atoms with van der Waals surface area (Å²) < 4.78 is 2.04. The van der Waals surface area contributed by atoms with Crippen molar-refractivity contribution in [1.29, 1.82) is 0 Å². The fourth-order valence-corrected chi connectivity index (χ4v) is 3.93. The van der Waals surface area contributed by atoms with E-state index in [1.54, 1.807) is 0 Å². The molecule has 0 unspecified atom stereocenters. The monoisotopic (exact) mass is 303 g/mol. The second-order valence-corrected chi connectivity index (χ2v) is 7.26. The average molecular weight is 303 g/mol. The van der Waals surface area contributed by atoms with Crippen molar-refractivity contribution in [3.8, 4) is 0 Å². The van der Waals surface area contributed by atoms with Crippen LogP contribution in [0.1, 0.15) is 62.4 Å². The van der Waals surface area contributed by atoms with Crippen molar-refractivity contribution in [1.82, 2.24) is 14.8 Å². The number of rotatable bonds is 4. The molecule has 0 atom stereocenters. The van der Waals surface area contributed by atoms with E-state index < -0.39 is 0 Å². The van der Waals surface area contributed by atoms with Gasteiger partial charge in [0.2, 0.25) is 0 Å². The molecule has 0 radical (unpaired) electrons. The summed E-state index contributed by atoms with van der Waals surface area (Å²) in [6.07, 6.45) is 6.14. The van der Waals surface area contributed by atoms with Gasteiger partial charge in [0.05, 0.1) is 0 Å². The normalized spacial score (nSPS) is 19.8. The Bertz CT molecular complexity index is 585. The first-order chi connectivity index (χ1) is 10.6. The van der Waals surface area contributed by atoms with Crippen LogP contribution in [0.15, 0.2) is 10.9 Å². The van der Waals surface area contributed by atoms with Gasteiger partial charge in [-0.15, -0.1) is 0 Å². The first-order valence-corrected chi connectivity index (χ1v) is 8.74. The van der Waals surface area contributed by atoms with E-state index >= 15 is 0 Å². The van der Waals surface area contributed by atoms with Gasteiger partial charge in [-0.3, -0.25) is 4.79 Å². The number of nitrogens with one attached hydrogen (secondary N) is 1. The maximum atomic E-state index is 12.9. The van der Waals surface area contributed by atoms with Crippen molar-refractivity contribution >= 4 is 0 Å². The second-order valence-electron chi connectivity index (χ2n) is 7.26. The zero-order valence-electron chi connectivity index (χ0n) is 14.2. The van der Waals surface area contributed by atoms with E-state index in [9.17, 15) is 4.79 Å². The highest BCUT2D eigenvalue weighted by Crippen LogP contribution is 2.21. The molecule has 1 aliphatic carbocycles. The summed E-state index contributed by atoms with van der Waals surface area (Å²) in [7, 11) is 2.16.